The molecule has 0 aliphatic rings. The second-order valence-electron chi connectivity index (χ2n) is 6.06. The summed E-state index contributed by atoms with van der Waals surface area (Å²) in [6.45, 7) is 5.28. The summed E-state index contributed by atoms with van der Waals surface area (Å²) in [5.74, 6) is 0.0574. The van der Waals surface area contributed by atoms with Crippen molar-refractivity contribution in [1.29, 1.82) is 0 Å². The number of thiazole rings is 1. The third-order valence-corrected chi connectivity index (χ3v) is 4.24. The molecule has 1 aromatic carbocycles. The van der Waals surface area contributed by atoms with Crippen LogP contribution in [0.15, 0.2) is 16.0 Å². The van der Waals surface area contributed by atoms with Gasteiger partial charge in [0.15, 0.2) is 3.92 Å². The maximum atomic E-state index is 13.2. The van der Waals surface area contributed by atoms with Crippen molar-refractivity contribution >= 4 is 43.6 Å². The van der Waals surface area contributed by atoms with Gasteiger partial charge in [-0.2, -0.15) is 13.2 Å². The van der Waals surface area contributed by atoms with Crippen molar-refractivity contribution < 1.29 is 27.4 Å². The molecule has 1 N–H and O–H groups in total. The van der Waals surface area contributed by atoms with Gasteiger partial charge in [0, 0.05) is 0 Å². The lowest BCUT2D eigenvalue weighted by Gasteiger charge is -2.19. The molecule has 0 radical (unpaired) electrons. The summed E-state index contributed by atoms with van der Waals surface area (Å²) in [6, 6.07) is 2.39. The van der Waals surface area contributed by atoms with Gasteiger partial charge in [0.25, 0.3) is 0 Å². The number of alkyl halides is 3. The van der Waals surface area contributed by atoms with E-state index in [2.05, 4.69) is 26.2 Å². The fourth-order valence-corrected chi connectivity index (χ4v) is 3.36. The number of nitrogens with one attached hydrogen (secondary N) is 1. The summed E-state index contributed by atoms with van der Waals surface area (Å²) in [5, 5.41) is 2.47. The zero-order chi connectivity index (χ0) is 18.8. The van der Waals surface area contributed by atoms with Gasteiger partial charge in [-0.1, -0.05) is 0 Å². The molecule has 0 saturated heterocycles. The van der Waals surface area contributed by atoms with Gasteiger partial charge in [-0.05, 0) is 48.8 Å². The highest BCUT2D eigenvalue weighted by atomic mass is 79.9. The third-order valence-electron chi connectivity index (χ3n) is 2.79. The number of aromatic nitrogens is 1. The third kappa shape index (κ3) is 5.74. The van der Waals surface area contributed by atoms with Gasteiger partial charge < -0.3 is 14.8 Å². The molecule has 5 nitrogen and oxygen atoms in total. The molecule has 0 spiro atoms. The number of hydrogen-bond acceptors (Lipinski definition) is 5. The Balaban J connectivity index is 2.03. The molecule has 1 aromatic heterocycles. The first-order valence-electron chi connectivity index (χ1n) is 7.22. The van der Waals surface area contributed by atoms with Gasteiger partial charge in [-0.15, -0.1) is 11.3 Å². The molecular formula is C15H16BrF3N2O3S. The van der Waals surface area contributed by atoms with Crippen molar-refractivity contribution in [2.45, 2.75) is 32.5 Å². The van der Waals surface area contributed by atoms with E-state index < -0.39 is 23.4 Å². The molecule has 10 heteroatoms. The van der Waals surface area contributed by atoms with E-state index in [-0.39, 0.29) is 24.4 Å². The minimum atomic E-state index is -4.54. The molecule has 0 unspecified atom stereocenters. The molecule has 0 fully saturated rings. The fourth-order valence-electron chi connectivity index (χ4n) is 1.91. The first-order valence-corrected chi connectivity index (χ1v) is 8.83. The number of rotatable bonds is 4. The molecule has 2 aromatic rings. The second-order valence-corrected chi connectivity index (χ2v) is 8.37. The average molecular weight is 441 g/mol. The zero-order valence-corrected chi connectivity index (χ0v) is 16.1. The monoisotopic (exact) mass is 440 g/mol. The number of fused-ring (bicyclic) bond motifs is 1. The summed E-state index contributed by atoms with van der Waals surface area (Å²) in [4.78, 5) is 15.3. The second kappa shape index (κ2) is 7.36. The van der Waals surface area contributed by atoms with Crippen LogP contribution in [0.3, 0.4) is 0 Å². The first-order chi connectivity index (χ1) is 11.5. The number of benzene rings is 1. The SMILES string of the molecule is CC(C)(C)OC(=O)NCCOc1cc(C(F)(F)F)c2nc(Br)sc2c1. The summed E-state index contributed by atoms with van der Waals surface area (Å²) >= 11 is 4.17. The van der Waals surface area contributed by atoms with Gasteiger partial charge >= 0.3 is 12.3 Å². The number of carbonyl (C=O) groups is 1. The molecule has 0 atom stereocenters. The number of carbonyl (C=O) groups excluding carboxylic acids is 1. The molecule has 2 rings (SSSR count). The van der Waals surface area contributed by atoms with E-state index in [4.69, 9.17) is 9.47 Å². The number of hydrogen-bond donors (Lipinski definition) is 1. The van der Waals surface area contributed by atoms with Crippen LogP contribution in [0.1, 0.15) is 26.3 Å². The van der Waals surface area contributed by atoms with E-state index in [0.29, 0.717) is 8.62 Å². The van der Waals surface area contributed by atoms with Gasteiger partial charge in [-0.3, -0.25) is 0 Å². The quantitative estimate of drug-likeness (QED) is 0.680. The number of ether oxygens (including phenoxy) is 2. The van der Waals surface area contributed by atoms with Crippen molar-refractivity contribution in [1.82, 2.24) is 10.3 Å². The molecule has 25 heavy (non-hydrogen) atoms. The molecule has 0 aliphatic heterocycles. The van der Waals surface area contributed by atoms with Crippen LogP contribution < -0.4 is 10.1 Å². The number of alkyl carbamates (subject to hydrolysis) is 1. The summed E-state index contributed by atoms with van der Waals surface area (Å²) in [7, 11) is 0. The molecule has 0 aliphatic carbocycles. The van der Waals surface area contributed by atoms with E-state index in [1.54, 1.807) is 20.8 Å². The molecule has 0 saturated carbocycles. The molecule has 138 valence electrons. The van der Waals surface area contributed by atoms with Gasteiger partial charge in [-0.25, -0.2) is 9.78 Å². The van der Waals surface area contributed by atoms with Crippen LogP contribution in [-0.4, -0.2) is 29.8 Å². The van der Waals surface area contributed by atoms with Crippen LogP contribution in [0.5, 0.6) is 5.75 Å². The van der Waals surface area contributed by atoms with Crippen LogP contribution in [0.25, 0.3) is 10.2 Å². The Morgan fingerprint density at radius 1 is 1.32 bits per heavy atom. The van der Waals surface area contributed by atoms with Crippen molar-refractivity contribution in [3.63, 3.8) is 0 Å². The lowest BCUT2D eigenvalue weighted by Crippen LogP contribution is -2.34. The van der Waals surface area contributed by atoms with E-state index >= 15 is 0 Å². The van der Waals surface area contributed by atoms with E-state index in [1.165, 1.54) is 6.07 Å². The van der Waals surface area contributed by atoms with Gasteiger partial charge in [0.1, 0.15) is 18.0 Å². The van der Waals surface area contributed by atoms with Crippen LogP contribution in [0.2, 0.25) is 0 Å². The molecule has 0 bridgehead atoms. The van der Waals surface area contributed by atoms with Crippen molar-refractivity contribution in [2.75, 3.05) is 13.2 Å². The Kier molecular flexibility index (Phi) is 5.82. The predicted octanol–water partition coefficient (Wildman–Crippen LogP) is 4.98. The maximum Gasteiger partial charge on any atom is 0.418 e. The van der Waals surface area contributed by atoms with Crippen molar-refractivity contribution in [3.05, 3.63) is 21.6 Å². The first kappa shape index (κ1) is 19.8. The number of amides is 1. The number of halogens is 4. The van der Waals surface area contributed by atoms with Gasteiger partial charge in [0.2, 0.25) is 0 Å². The van der Waals surface area contributed by atoms with Crippen LogP contribution >= 0.6 is 27.3 Å². The van der Waals surface area contributed by atoms with Crippen molar-refractivity contribution in [3.8, 4) is 5.75 Å². The Morgan fingerprint density at radius 3 is 2.60 bits per heavy atom. The fraction of sp³-hybridized carbons (Fsp3) is 0.467. The topological polar surface area (TPSA) is 60.5 Å². The minimum absolute atomic E-state index is 0.00200. The van der Waals surface area contributed by atoms with E-state index in [9.17, 15) is 18.0 Å². The number of nitrogens with zero attached hydrogens (tertiary/aromatic N) is 1. The minimum Gasteiger partial charge on any atom is -0.492 e. The summed E-state index contributed by atoms with van der Waals surface area (Å²) in [6.07, 6.45) is -5.16. The normalized spacial score (nSPS) is 12.3. The summed E-state index contributed by atoms with van der Waals surface area (Å²) < 4.78 is 50.6. The predicted molar refractivity (Wildman–Crippen MR) is 92.1 cm³/mol. The largest absolute Gasteiger partial charge is 0.492 e. The van der Waals surface area contributed by atoms with Crippen LogP contribution in [-0.2, 0) is 10.9 Å². The molecular weight excluding hydrogens is 425 g/mol. The average Bonchev–Trinajstić information content (AvgIpc) is 2.79. The van der Waals surface area contributed by atoms with E-state index in [1.807, 2.05) is 0 Å². The zero-order valence-electron chi connectivity index (χ0n) is 13.7. The highest BCUT2D eigenvalue weighted by molar-refractivity contribution is 9.11. The highest BCUT2D eigenvalue weighted by Gasteiger charge is 2.34. The smallest absolute Gasteiger partial charge is 0.418 e. The lowest BCUT2D eigenvalue weighted by molar-refractivity contribution is -0.136. The van der Waals surface area contributed by atoms with Crippen molar-refractivity contribution in [2.24, 2.45) is 0 Å². The standard InChI is InChI=1S/C15H16BrF3N2O3S/c1-14(2,3)24-13(22)20-4-5-23-8-6-9(15(17,18)19)11-10(7-8)25-12(16)21-11/h6-7H,4-5H2,1-3H3,(H,20,22). The maximum absolute atomic E-state index is 13.2. The van der Waals surface area contributed by atoms with Gasteiger partial charge in [0.05, 0.1) is 22.3 Å². The van der Waals surface area contributed by atoms with Crippen LogP contribution in [0.4, 0.5) is 18.0 Å². The Hall–Kier alpha value is -1.55. The van der Waals surface area contributed by atoms with Crippen LogP contribution in [0, 0.1) is 0 Å². The molecule has 1 heterocycles. The Morgan fingerprint density at radius 2 is 2.00 bits per heavy atom. The Bertz CT molecular complexity index is 772. The van der Waals surface area contributed by atoms with E-state index in [0.717, 1.165) is 17.4 Å². The Labute approximate surface area is 154 Å². The lowest BCUT2D eigenvalue weighted by atomic mass is 10.2. The summed E-state index contributed by atoms with van der Waals surface area (Å²) in [5.41, 5.74) is -1.61. The molecule has 1 amide bonds. The highest BCUT2D eigenvalue weighted by Crippen LogP contribution is 2.40.